The maximum Gasteiger partial charge on any atom is 0.230 e. The highest BCUT2D eigenvalue weighted by molar-refractivity contribution is 7.99. The SMILES string of the molecule is CCC[C@H](C)NC(=O)CSc1nnnn1-c1cc(C)cc(C)c1. The van der Waals surface area contributed by atoms with Crippen molar-refractivity contribution in [3.63, 3.8) is 0 Å². The first kappa shape index (κ1) is 17.5. The van der Waals surface area contributed by atoms with Crippen LogP contribution in [0.4, 0.5) is 0 Å². The van der Waals surface area contributed by atoms with Crippen LogP contribution in [0.5, 0.6) is 0 Å². The van der Waals surface area contributed by atoms with E-state index in [-0.39, 0.29) is 11.9 Å². The third-order valence-electron chi connectivity index (χ3n) is 3.35. The van der Waals surface area contributed by atoms with Gasteiger partial charge in [-0.05, 0) is 60.9 Å². The predicted octanol–water partition coefficient (Wildman–Crippen LogP) is 2.68. The minimum absolute atomic E-state index is 0.00548. The number of tetrazole rings is 1. The lowest BCUT2D eigenvalue weighted by molar-refractivity contribution is -0.119. The van der Waals surface area contributed by atoms with E-state index in [0.717, 1.165) is 29.7 Å². The van der Waals surface area contributed by atoms with Gasteiger partial charge in [0.2, 0.25) is 11.1 Å². The Hall–Kier alpha value is -1.89. The lowest BCUT2D eigenvalue weighted by Crippen LogP contribution is -2.33. The molecule has 1 aromatic carbocycles. The Morgan fingerprint density at radius 3 is 2.65 bits per heavy atom. The second-order valence-corrected chi connectivity index (χ2v) is 6.71. The van der Waals surface area contributed by atoms with Gasteiger partial charge in [0.05, 0.1) is 11.4 Å². The van der Waals surface area contributed by atoms with Crippen molar-refractivity contribution in [2.45, 2.75) is 51.7 Å². The minimum atomic E-state index is 0.00548. The quantitative estimate of drug-likeness (QED) is 0.789. The lowest BCUT2D eigenvalue weighted by atomic mass is 10.1. The average Bonchev–Trinajstić information content (AvgIpc) is 2.92. The molecule has 0 bridgehead atoms. The van der Waals surface area contributed by atoms with Crippen LogP contribution in [0.15, 0.2) is 23.4 Å². The standard InChI is InChI=1S/C16H23N5OS/c1-5-6-13(4)17-15(22)10-23-16-18-19-20-21(16)14-8-11(2)7-12(3)9-14/h7-9,13H,5-6,10H2,1-4H3,(H,17,22)/t13-/m0/s1. The molecule has 1 atom stereocenters. The number of benzene rings is 1. The number of carbonyl (C=O) groups is 1. The van der Waals surface area contributed by atoms with Gasteiger partial charge in [-0.15, -0.1) is 5.10 Å². The summed E-state index contributed by atoms with van der Waals surface area (Å²) in [7, 11) is 0. The average molecular weight is 333 g/mol. The maximum absolute atomic E-state index is 12.0. The number of hydrogen-bond donors (Lipinski definition) is 1. The van der Waals surface area contributed by atoms with E-state index in [4.69, 9.17) is 0 Å². The van der Waals surface area contributed by atoms with Crippen molar-refractivity contribution in [1.29, 1.82) is 0 Å². The van der Waals surface area contributed by atoms with Gasteiger partial charge in [-0.2, -0.15) is 4.68 Å². The van der Waals surface area contributed by atoms with Gasteiger partial charge in [0.15, 0.2) is 0 Å². The van der Waals surface area contributed by atoms with Gasteiger partial charge in [-0.25, -0.2) is 0 Å². The van der Waals surface area contributed by atoms with E-state index in [2.05, 4.69) is 33.8 Å². The summed E-state index contributed by atoms with van der Waals surface area (Å²) in [5, 5.41) is 15.4. The maximum atomic E-state index is 12.0. The van der Waals surface area contributed by atoms with Gasteiger partial charge < -0.3 is 5.32 Å². The molecule has 0 saturated carbocycles. The highest BCUT2D eigenvalue weighted by Crippen LogP contribution is 2.20. The fraction of sp³-hybridized carbons (Fsp3) is 0.500. The molecule has 0 aliphatic heterocycles. The zero-order valence-corrected chi connectivity index (χ0v) is 14.9. The van der Waals surface area contributed by atoms with E-state index >= 15 is 0 Å². The lowest BCUT2D eigenvalue weighted by Gasteiger charge is -2.12. The summed E-state index contributed by atoms with van der Waals surface area (Å²) in [6.45, 7) is 8.20. The van der Waals surface area contributed by atoms with Gasteiger partial charge >= 0.3 is 0 Å². The second-order valence-electron chi connectivity index (χ2n) is 5.77. The topological polar surface area (TPSA) is 72.7 Å². The third kappa shape index (κ3) is 5.06. The van der Waals surface area contributed by atoms with Crippen molar-refractivity contribution in [1.82, 2.24) is 25.5 Å². The van der Waals surface area contributed by atoms with E-state index < -0.39 is 0 Å². The number of hydrogen-bond acceptors (Lipinski definition) is 5. The molecule has 0 aliphatic rings. The smallest absolute Gasteiger partial charge is 0.230 e. The number of thioether (sulfide) groups is 1. The summed E-state index contributed by atoms with van der Waals surface area (Å²) >= 11 is 1.34. The van der Waals surface area contributed by atoms with E-state index in [0.29, 0.717) is 10.9 Å². The highest BCUT2D eigenvalue weighted by Gasteiger charge is 2.13. The van der Waals surface area contributed by atoms with E-state index in [1.165, 1.54) is 11.8 Å². The Kier molecular flexibility index (Phi) is 6.15. The van der Waals surface area contributed by atoms with Gasteiger partial charge in [0.25, 0.3) is 0 Å². The Morgan fingerprint density at radius 1 is 1.30 bits per heavy atom. The van der Waals surface area contributed by atoms with Crippen molar-refractivity contribution in [3.8, 4) is 5.69 Å². The molecule has 124 valence electrons. The summed E-state index contributed by atoms with van der Waals surface area (Å²) < 4.78 is 1.67. The summed E-state index contributed by atoms with van der Waals surface area (Å²) in [6, 6.07) is 6.35. The van der Waals surface area contributed by atoms with E-state index in [9.17, 15) is 4.79 Å². The number of nitrogens with one attached hydrogen (secondary N) is 1. The zero-order valence-electron chi connectivity index (χ0n) is 14.0. The summed E-state index contributed by atoms with van der Waals surface area (Å²) in [4.78, 5) is 12.0. The molecule has 0 radical (unpaired) electrons. The molecule has 1 heterocycles. The summed E-state index contributed by atoms with van der Waals surface area (Å²) in [6.07, 6.45) is 2.04. The number of aryl methyl sites for hydroxylation is 2. The monoisotopic (exact) mass is 333 g/mol. The molecule has 1 N–H and O–H groups in total. The predicted molar refractivity (Wildman–Crippen MR) is 91.9 cm³/mol. The molecule has 2 rings (SSSR count). The van der Waals surface area contributed by atoms with Gasteiger partial charge in [-0.1, -0.05) is 31.2 Å². The molecule has 0 spiro atoms. The molecule has 1 amide bonds. The molecule has 2 aromatic rings. The molecule has 0 unspecified atom stereocenters. The molecule has 1 aromatic heterocycles. The molecule has 0 fully saturated rings. The van der Waals surface area contributed by atoms with Gasteiger partial charge in [-0.3, -0.25) is 4.79 Å². The fourth-order valence-electron chi connectivity index (χ4n) is 2.46. The van der Waals surface area contributed by atoms with Crippen LogP contribution in [0.2, 0.25) is 0 Å². The number of nitrogens with zero attached hydrogens (tertiary/aromatic N) is 4. The van der Waals surface area contributed by atoms with Gasteiger partial charge in [0, 0.05) is 6.04 Å². The molecule has 6 nitrogen and oxygen atoms in total. The molecule has 0 aliphatic carbocycles. The van der Waals surface area contributed by atoms with Crippen LogP contribution in [0, 0.1) is 13.8 Å². The Morgan fingerprint density at radius 2 is 2.00 bits per heavy atom. The zero-order chi connectivity index (χ0) is 16.8. The Labute approximate surface area is 141 Å². The second kappa shape index (κ2) is 8.10. The van der Waals surface area contributed by atoms with Crippen molar-refractivity contribution in [2.24, 2.45) is 0 Å². The number of aromatic nitrogens is 4. The van der Waals surface area contributed by atoms with Crippen LogP contribution in [0.1, 0.15) is 37.8 Å². The van der Waals surface area contributed by atoms with Crippen molar-refractivity contribution < 1.29 is 4.79 Å². The van der Waals surface area contributed by atoms with Crippen molar-refractivity contribution in [3.05, 3.63) is 29.3 Å². The summed E-state index contributed by atoms with van der Waals surface area (Å²) in [5.41, 5.74) is 3.21. The van der Waals surface area contributed by atoms with Crippen molar-refractivity contribution in [2.75, 3.05) is 5.75 Å². The van der Waals surface area contributed by atoms with E-state index in [1.807, 2.05) is 32.9 Å². The fourth-order valence-corrected chi connectivity index (χ4v) is 3.16. The first-order valence-corrected chi connectivity index (χ1v) is 8.77. The van der Waals surface area contributed by atoms with Crippen LogP contribution >= 0.6 is 11.8 Å². The molecule has 23 heavy (non-hydrogen) atoms. The molecule has 0 saturated heterocycles. The van der Waals surface area contributed by atoms with Crippen LogP contribution in [0.25, 0.3) is 5.69 Å². The number of carbonyl (C=O) groups excluding carboxylic acids is 1. The Balaban J connectivity index is 2.03. The summed E-state index contributed by atoms with van der Waals surface area (Å²) in [5.74, 6) is 0.310. The van der Waals surface area contributed by atoms with Crippen LogP contribution in [0.3, 0.4) is 0 Å². The first-order chi connectivity index (χ1) is 11.0. The Bertz CT molecular complexity index is 650. The minimum Gasteiger partial charge on any atom is -0.353 e. The van der Waals surface area contributed by atoms with Crippen LogP contribution in [-0.2, 0) is 4.79 Å². The van der Waals surface area contributed by atoms with Crippen LogP contribution in [-0.4, -0.2) is 37.9 Å². The third-order valence-corrected chi connectivity index (χ3v) is 4.27. The number of amides is 1. The van der Waals surface area contributed by atoms with Crippen molar-refractivity contribution >= 4 is 17.7 Å². The largest absolute Gasteiger partial charge is 0.353 e. The van der Waals surface area contributed by atoms with Crippen LogP contribution < -0.4 is 5.32 Å². The highest BCUT2D eigenvalue weighted by atomic mass is 32.2. The number of rotatable bonds is 7. The van der Waals surface area contributed by atoms with E-state index in [1.54, 1.807) is 4.68 Å². The first-order valence-electron chi connectivity index (χ1n) is 7.78. The molecular weight excluding hydrogens is 310 g/mol. The van der Waals surface area contributed by atoms with Gasteiger partial charge in [0.1, 0.15) is 0 Å². The molecule has 7 heteroatoms. The molecular formula is C16H23N5OS. The normalized spacial score (nSPS) is 12.2.